The van der Waals surface area contributed by atoms with Gasteiger partial charge in [-0.3, -0.25) is 19.1 Å². The number of imidazole rings is 1. The molecule has 5 heterocycles. The molecule has 2 unspecified atom stereocenters. The number of likely N-dealkylation sites (tertiary alicyclic amines) is 1. The van der Waals surface area contributed by atoms with Crippen molar-refractivity contribution >= 4 is 40.4 Å². The lowest BCUT2D eigenvalue weighted by atomic mass is 9.92. The van der Waals surface area contributed by atoms with E-state index in [1.165, 1.54) is 17.8 Å². The molecule has 3 saturated heterocycles. The molecule has 0 spiro atoms. The maximum Gasteiger partial charge on any atom is 0.327 e. The van der Waals surface area contributed by atoms with E-state index in [0.717, 1.165) is 49.4 Å². The van der Waals surface area contributed by atoms with Crippen LogP contribution in [0.5, 0.6) is 0 Å². The van der Waals surface area contributed by atoms with Gasteiger partial charge in [0, 0.05) is 75.7 Å². The maximum absolute atomic E-state index is 14.8. The quantitative estimate of drug-likeness (QED) is 0.414. The summed E-state index contributed by atoms with van der Waals surface area (Å²) in [4.78, 5) is 55.7. The third-order valence-corrected chi connectivity index (χ3v) is 10.8. The Morgan fingerprint density at radius 1 is 1.07 bits per heavy atom. The lowest BCUT2D eigenvalue weighted by molar-refractivity contribution is -0.136. The van der Waals surface area contributed by atoms with Crippen LogP contribution < -0.4 is 10.6 Å². The summed E-state index contributed by atoms with van der Waals surface area (Å²) in [6.45, 7) is 11.5. The highest BCUT2D eigenvalue weighted by Gasteiger charge is 2.44. The van der Waals surface area contributed by atoms with Crippen LogP contribution in [-0.2, 0) is 9.59 Å². The molecule has 0 bridgehead atoms. The summed E-state index contributed by atoms with van der Waals surface area (Å²) < 4.78 is 16.6. The average Bonchev–Trinajstić information content (AvgIpc) is 3.51. The van der Waals surface area contributed by atoms with Crippen molar-refractivity contribution < 1.29 is 14.0 Å². The second-order valence-corrected chi connectivity index (χ2v) is 15.1. The number of likely N-dealkylation sites (N-methyl/N-ethyl adjacent to an activating group) is 1. The number of anilines is 1. The van der Waals surface area contributed by atoms with Crippen molar-refractivity contribution in [2.24, 2.45) is 5.41 Å². The highest BCUT2D eigenvalue weighted by molar-refractivity contribution is 8.01. The minimum atomic E-state index is -0.536. The van der Waals surface area contributed by atoms with E-state index in [4.69, 9.17) is 0 Å². The number of amides is 2. The first-order chi connectivity index (χ1) is 21.5. The number of piperidine rings is 1. The smallest absolute Gasteiger partial charge is 0.327 e. The number of carbonyl (C=O) groups is 2. The third-order valence-electron chi connectivity index (χ3n) is 9.37. The molecule has 10 nitrogen and oxygen atoms in total. The molecule has 2 amide bonds. The molecule has 12 heteroatoms. The summed E-state index contributed by atoms with van der Waals surface area (Å²) in [6, 6.07) is 8.61. The number of carbonyl (C=O) groups excluding carboxylic acids is 2. The normalized spacial score (nSPS) is 22.2. The zero-order valence-corrected chi connectivity index (χ0v) is 27.5. The molecule has 0 aliphatic carbocycles. The summed E-state index contributed by atoms with van der Waals surface area (Å²) in [5, 5.41) is -0.901. The zero-order valence-electron chi connectivity index (χ0n) is 26.7. The Morgan fingerprint density at radius 2 is 1.80 bits per heavy atom. The Kier molecular flexibility index (Phi) is 8.98. The maximum atomic E-state index is 14.8. The van der Waals surface area contributed by atoms with E-state index in [2.05, 4.69) is 47.6 Å². The number of fused-ring (bicyclic) bond motifs is 1. The van der Waals surface area contributed by atoms with Crippen molar-refractivity contribution in [3.05, 3.63) is 58.4 Å². The lowest BCUT2D eigenvalue weighted by Crippen LogP contribution is -2.45. The number of rotatable bonds is 7. The number of benzene rings is 1. The predicted octanol–water partition coefficient (Wildman–Crippen LogP) is 4.25. The molecule has 1 N–H and O–H groups in total. The van der Waals surface area contributed by atoms with E-state index in [9.17, 15) is 18.8 Å². The minimum absolute atomic E-state index is 0.0127. The van der Waals surface area contributed by atoms with Gasteiger partial charge in [0.1, 0.15) is 11.2 Å². The van der Waals surface area contributed by atoms with Gasteiger partial charge in [-0.2, -0.15) is 0 Å². The van der Waals surface area contributed by atoms with Crippen LogP contribution in [0.4, 0.5) is 10.1 Å². The van der Waals surface area contributed by atoms with Crippen molar-refractivity contribution in [3.63, 3.8) is 0 Å². The Bertz CT molecular complexity index is 1600. The van der Waals surface area contributed by atoms with Crippen LogP contribution >= 0.6 is 11.8 Å². The summed E-state index contributed by atoms with van der Waals surface area (Å²) in [5.74, 6) is -0.426. The monoisotopic (exact) mass is 637 g/mol. The Hall–Kier alpha value is -3.38. The number of thioether (sulfide) groups is 1. The fraction of sp³-hybridized carbons (Fsp3) is 0.576. The van der Waals surface area contributed by atoms with Crippen LogP contribution in [0.15, 0.2) is 41.3 Å². The Labute approximate surface area is 267 Å². The first kappa shape index (κ1) is 31.6. The highest BCUT2D eigenvalue weighted by atomic mass is 32.2. The first-order valence-electron chi connectivity index (χ1n) is 16.0. The van der Waals surface area contributed by atoms with Gasteiger partial charge in [-0.15, -0.1) is 11.8 Å². The molecule has 1 aromatic carbocycles. The van der Waals surface area contributed by atoms with Crippen LogP contribution in [0, 0.1) is 11.2 Å². The second kappa shape index (κ2) is 12.8. The molecule has 6 rings (SSSR count). The molecule has 3 fully saturated rings. The van der Waals surface area contributed by atoms with Crippen LogP contribution in [0.25, 0.3) is 11.2 Å². The Balaban J connectivity index is 1.18. The van der Waals surface area contributed by atoms with Gasteiger partial charge < -0.3 is 19.6 Å². The van der Waals surface area contributed by atoms with Gasteiger partial charge in [0.2, 0.25) is 11.8 Å². The van der Waals surface area contributed by atoms with Gasteiger partial charge in [0.25, 0.3) is 0 Å². The number of nitrogens with one attached hydrogen (secondary N) is 1. The van der Waals surface area contributed by atoms with E-state index in [-0.39, 0.29) is 46.6 Å². The number of piperazine rings is 1. The summed E-state index contributed by atoms with van der Waals surface area (Å²) in [5.41, 5.74) is 2.94. The SMILES string of the molecule is CN1CCN(c2ccc(F)cc2C2SC(CC(=O)N3CCC(n4c(=O)[nH]c5ncccc54)CC3)C(=O)N2CCC(C)(C)C)CC1. The topological polar surface area (TPSA) is 97.8 Å². The summed E-state index contributed by atoms with van der Waals surface area (Å²) in [7, 11) is 2.10. The summed E-state index contributed by atoms with van der Waals surface area (Å²) >= 11 is 1.48. The van der Waals surface area contributed by atoms with E-state index < -0.39 is 5.25 Å². The van der Waals surface area contributed by atoms with Crippen molar-refractivity contribution in [3.8, 4) is 0 Å². The minimum Gasteiger partial charge on any atom is -0.369 e. The fourth-order valence-electron chi connectivity index (χ4n) is 6.69. The van der Waals surface area contributed by atoms with E-state index >= 15 is 0 Å². The van der Waals surface area contributed by atoms with E-state index in [1.807, 2.05) is 28.0 Å². The largest absolute Gasteiger partial charge is 0.369 e. The standard InChI is InChI=1S/C33H44FN7O3S/c1-33(2,3)11-15-40-30(43)27(45-31(40)24-20-22(34)7-8-25(24)38-18-16-37(4)17-19-38)21-28(42)39-13-9-23(10-14-39)41-26-6-5-12-35-29(26)36-32(41)44/h5-8,12,20,23,27,31H,9-11,13-19,21H2,1-4H3,(H,35,36,44). The lowest BCUT2D eigenvalue weighted by Gasteiger charge is -2.37. The number of aromatic amines is 1. The van der Waals surface area contributed by atoms with Crippen molar-refractivity contribution in [1.82, 2.24) is 29.2 Å². The Morgan fingerprint density at radius 3 is 2.51 bits per heavy atom. The van der Waals surface area contributed by atoms with Gasteiger partial charge in [0.05, 0.1) is 10.8 Å². The second-order valence-electron chi connectivity index (χ2n) is 13.8. The predicted molar refractivity (Wildman–Crippen MR) is 176 cm³/mol. The number of H-pyrrole nitrogens is 1. The number of hydrogen-bond donors (Lipinski definition) is 1. The van der Waals surface area contributed by atoms with Crippen LogP contribution in [0.1, 0.15) is 63.4 Å². The number of aromatic nitrogens is 3. The van der Waals surface area contributed by atoms with Gasteiger partial charge in [-0.25, -0.2) is 14.2 Å². The van der Waals surface area contributed by atoms with Crippen molar-refractivity contribution in [2.75, 3.05) is 57.8 Å². The van der Waals surface area contributed by atoms with Crippen LogP contribution in [0.3, 0.4) is 0 Å². The van der Waals surface area contributed by atoms with E-state index in [1.54, 1.807) is 16.8 Å². The molecular formula is C33H44FN7O3S. The molecule has 2 aromatic heterocycles. The van der Waals surface area contributed by atoms with Gasteiger partial charge in [0.15, 0.2) is 5.65 Å². The number of pyridine rings is 1. The molecule has 242 valence electrons. The third kappa shape index (κ3) is 6.77. The highest BCUT2D eigenvalue weighted by Crippen LogP contribution is 2.48. The molecule has 45 heavy (non-hydrogen) atoms. The van der Waals surface area contributed by atoms with Gasteiger partial charge in [-0.05, 0) is 62.1 Å². The first-order valence-corrected chi connectivity index (χ1v) is 16.9. The molecular weight excluding hydrogens is 593 g/mol. The summed E-state index contributed by atoms with van der Waals surface area (Å²) in [6.07, 6.45) is 3.86. The molecule has 2 atom stereocenters. The van der Waals surface area contributed by atoms with Crippen molar-refractivity contribution in [2.45, 2.75) is 63.1 Å². The average molecular weight is 638 g/mol. The molecule has 0 saturated carbocycles. The van der Waals surface area contributed by atoms with Crippen LogP contribution in [-0.4, -0.2) is 99.2 Å². The molecule has 3 aromatic rings. The number of nitrogens with zero attached hydrogens (tertiary/aromatic N) is 6. The molecule has 0 radical (unpaired) electrons. The van der Waals surface area contributed by atoms with Crippen molar-refractivity contribution in [1.29, 1.82) is 0 Å². The van der Waals surface area contributed by atoms with Gasteiger partial charge in [-0.1, -0.05) is 20.8 Å². The fourth-order valence-corrected chi connectivity index (χ4v) is 8.18. The molecule has 3 aliphatic rings. The zero-order chi connectivity index (χ0) is 31.9. The van der Waals surface area contributed by atoms with Gasteiger partial charge >= 0.3 is 5.69 Å². The number of halogens is 1. The van der Waals surface area contributed by atoms with E-state index in [0.29, 0.717) is 38.1 Å². The number of hydrogen-bond acceptors (Lipinski definition) is 7. The molecule has 3 aliphatic heterocycles. The van der Waals surface area contributed by atoms with Crippen LogP contribution in [0.2, 0.25) is 0 Å².